The number of carboxylic acid groups (broad SMARTS) is 2. The highest BCUT2D eigenvalue weighted by Crippen LogP contribution is 2.19. The Bertz CT molecular complexity index is 1790. The van der Waals surface area contributed by atoms with E-state index in [-0.39, 0.29) is 12.8 Å². The summed E-state index contributed by atoms with van der Waals surface area (Å²) in [5.74, 6) is -9.39. The van der Waals surface area contributed by atoms with Crippen molar-refractivity contribution in [3.05, 3.63) is 36.0 Å². The molecule has 14 N–H and O–H groups in total. The van der Waals surface area contributed by atoms with Crippen molar-refractivity contribution in [3.63, 3.8) is 0 Å². The summed E-state index contributed by atoms with van der Waals surface area (Å²) in [6, 6.07) is 0.372. The van der Waals surface area contributed by atoms with Gasteiger partial charge in [-0.3, -0.25) is 47.9 Å². The van der Waals surface area contributed by atoms with Gasteiger partial charge in [0, 0.05) is 23.5 Å². The van der Waals surface area contributed by atoms with E-state index in [2.05, 4.69) is 42.2 Å². The maximum Gasteiger partial charge on any atom is 0.305 e. The van der Waals surface area contributed by atoms with Gasteiger partial charge in [-0.2, -0.15) is 11.8 Å². The molecule has 0 saturated heterocycles. The third-order valence-corrected chi connectivity index (χ3v) is 8.44. The van der Waals surface area contributed by atoms with Gasteiger partial charge >= 0.3 is 11.9 Å². The van der Waals surface area contributed by atoms with Gasteiger partial charge in [0.15, 0.2) is 0 Å². The van der Waals surface area contributed by atoms with E-state index in [1.165, 1.54) is 18.7 Å². The van der Waals surface area contributed by atoms with E-state index in [4.69, 9.17) is 21.7 Å². The number of carbonyl (C=O) groups is 10. The van der Waals surface area contributed by atoms with Gasteiger partial charge in [0.25, 0.3) is 0 Å². The molecular weight excluding hydrogens is 760 g/mol. The molecule has 0 bridgehead atoms. The van der Waals surface area contributed by atoms with Crippen molar-refractivity contribution in [2.75, 3.05) is 31.6 Å². The van der Waals surface area contributed by atoms with Crippen LogP contribution in [0.15, 0.2) is 30.5 Å². The average Bonchev–Trinajstić information content (AvgIpc) is 3.54. The van der Waals surface area contributed by atoms with Crippen LogP contribution >= 0.6 is 11.8 Å². The number of fused-ring (bicyclic) bond motifs is 1. The minimum Gasteiger partial charge on any atom is -0.481 e. The molecular formula is C33H46N10O12S. The van der Waals surface area contributed by atoms with Crippen LogP contribution in [0, 0.1) is 0 Å². The monoisotopic (exact) mass is 806 g/mol. The topological polar surface area (TPSA) is 363 Å². The summed E-state index contributed by atoms with van der Waals surface area (Å²) in [7, 11) is 0. The van der Waals surface area contributed by atoms with Crippen LogP contribution < -0.4 is 48.7 Å². The summed E-state index contributed by atoms with van der Waals surface area (Å²) >= 11 is 1.37. The highest BCUT2D eigenvalue weighted by Gasteiger charge is 2.29. The van der Waals surface area contributed by atoms with Crippen molar-refractivity contribution < 1.29 is 58.2 Å². The van der Waals surface area contributed by atoms with E-state index in [9.17, 15) is 47.9 Å². The molecule has 5 atom stereocenters. The second-order valence-corrected chi connectivity index (χ2v) is 13.3. The minimum absolute atomic E-state index is 0.0968. The number of amides is 8. The van der Waals surface area contributed by atoms with Crippen molar-refractivity contribution in [2.45, 2.75) is 62.8 Å². The molecule has 0 radical (unpaired) electrons. The first-order valence-corrected chi connectivity index (χ1v) is 18.3. The SMILES string of the molecule is CSCC[C@H](NC(=O)[C@H](C)NC(=O)[C@@H](N)CC(=O)O)C(=O)NCC(=O)NC(Cc1c[nH]c2ccccc12)C(=O)NCC(=O)N[C@@H](CC(=O)O)C(=O)NCC(N)=O. The molecule has 0 aliphatic carbocycles. The third kappa shape index (κ3) is 16.0. The number of carbonyl (C=O) groups excluding carboxylic acids is 8. The number of nitrogens with one attached hydrogen (secondary N) is 8. The number of carboxylic acids is 2. The number of primary amides is 1. The van der Waals surface area contributed by atoms with Crippen LogP contribution in [0.2, 0.25) is 0 Å². The van der Waals surface area contributed by atoms with E-state index in [0.717, 1.165) is 10.9 Å². The van der Waals surface area contributed by atoms with Crippen molar-refractivity contribution in [1.82, 2.24) is 42.2 Å². The number of para-hydroxylation sites is 1. The first-order chi connectivity index (χ1) is 26.4. The molecule has 22 nitrogen and oxygen atoms in total. The zero-order valence-electron chi connectivity index (χ0n) is 30.5. The molecule has 1 heterocycles. The molecule has 0 fully saturated rings. The quantitative estimate of drug-likeness (QED) is 0.0476. The Balaban J connectivity index is 2.13. The number of H-pyrrole nitrogens is 1. The van der Waals surface area contributed by atoms with E-state index in [0.29, 0.717) is 11.3 Å². The lowest BCUT2D eigenvalue weighted by molar-refractivity contribution is -0.141. The van der Waals surface area contributed by atoms with E-state index < -0.39 is 122 Å². The van der Waals surface area contributed by atoms with Crippen molar-refractivity contribution in [2.24, 2.45) is 11.5 Å². The van der Waals surface area contributed by atoms with Gasteiger partial charge in [0.05, 0.1) is 38.5 Å². The van der Waals surface area contributed by atoms with Crippen molar-refractivity contribution >= 4 is 81.9 Å². The van der Waals surface area contributed by atoms with Crippen LogP contribution in [0.4, 0.5) is 0 Å². The van der Waals surface area contributed by atoms with Crippen LogP contribution in [0.1, 0.15) is 31.7 Å². The number of benzene rings is 1. The van der Waals surface area contributed by atoms with Gasteiger partial charge in [0.2, 0.25) is 47.3 Å². The zero-order chi connectivity index (χ0) is 41.9. The average molecular weight is 807 g/mol. The Morgan fingerprint density at radius 3 is 1.86 bits per heavy atom. The molecule has 0 spiro atoms. The number of aromatic nitrogens is 1. The fourth-order valence-electron chi connectivity index (χ4n) is 4.95. The maximum absolute atomic E-state index is 13.4. The Morgan fingerprint density at radius 2 is 1.27 bits per heavy atom. The minimum atomic E-state index is -1.62. The van der Waals surface area contributed by atoms with Gasteiger partial charge in [0.1, 0.15) is 24.2 Å². The number of thioether (sulfide) groups is 1. The van der Waals surface area contributed by atoms with Gasteiger partial charge in [-0.15, -0.1) is 0 Å². The second-order valence-electron chi connectivity index (χ2n) is 12.3. The van der Waals surface area contributed by atoms with Crippen LogP contribution in [0.5, 0.6) is 0 Å². The summed E-state index contributed by atoms with van der Waals surface area (Å²) in [6.45, 7) is -0.721. The van der Waals surface area contributed by atoms with Gasteiger partial charge in [-0.05, 0) is 37.0 Å². The summed E-state index contributed by atoms with van der Waals surface area (Å²) in [5, 5.41) is 35.0. The molecule has 2 aromatic rings. The van der Waals surface area contributed by atoms with Crippen molar-refractivity contribution in [3.8, 4) is 0 Å². The lowest BCUT2D eigenvalue weighted by atomic mass is 10.0. The van der Waals surface area contributed by atoms with Gasteiger partial charge < -0.3 is 63.9 Å². The zero-order valence-corrected chi connectivity index (χ0v) is 31.3. The number of aliphatic carboxylic acids is 2. The summed E-state index contributed by atoms with van der Waals surface area (Å²) in [5.41, 5.74) is 11.9. The predicted molar refractivity (Wildman–Crippen MR) is 199 cm³/mol. The summed E-state index contributed by atoms with van der Waals surface area (Å²) in [6.07, 6.45) is 1.88. The molecule has 0 saturated carbocycles. The number of aromatic amines is 1. The number of rotatable bonds is 24. The molecule has 1 unspecified atom stereocenters. The summed E-state index contributed by atoms with van der Waals surface area (Å²) in [4.78, 5) is 126. The fraction of sp³-hybridized carbons (Fsp3) is 0.455. The first kappa shape index (κ1) is 45.9. The molecule has 0 aliphatic heterocycles. The molecule has 1 aromatic heterocycles. The van der Waals surface area contributed by atoms with Crippen LogP contribution in [-0.2, 0) is 54.4 Å². The molecule has 23 heteroatoms. The van der Waals surface area contributed by atoms with E-state index >= 15 is 0 Å². The standard InChI is InChI=1S/C33H46N10O12S/c1-16(40-30(52)19(34)10-27(47)48)29(51)43-21(7-8-56-2)31(53)38-14-25(45)41-22(9-17-12-36-20-6-4-3-5-18(17)20)32(54)39-15-26(46)42-23(11-28(49)50)33(55)37-13-24(35)44/h3-6,12,16,19,21-23,36H,7-11,13-15,34H2,1-2H3,(H2,35,44)(H,37,55)(H,38,53)(H,39,54)(H,40,52)(H,41,45)(H,42,46)(H,43,51)(H,47,48)(H,49,50)/t16-,19-,21-,22?,23-/m0/s1. The lowest BCUT2D eigenvalue weighted by Crippen LogP contribution is -2.56. The van der Waals surface area contributed by atoms with E-state index in [1.807, 2.05) is 0 Å². The largest absolute Gasteiger partial charge is 0.481 e. The highest BCUT2D eigenvalue weighted by atomic mass is 32.2. The smallest absolute Gasteiger partial charge is 0.305 e. The van der Waals surface area contributed by atoms with Crippen LogP contribution in [0.25, 0.3) is 10.9 Å². The Labute approximate surface area is 323 Å². The third-order valence-electron chi connectivity index (χ3n) is 7.79. The Hall–Kier alpha value is -6.23. The number of hydrogen-bond donors (Lipinski definition) is 12. The summed E-state index contributed by atoms with van der Waals surface area (Å²) < 4.78 is 0. The van der Waals surface area contributed by atoms with Crippen molar-refractivity contribution in [1.29, 1.82) is 0 Å². The fourth-order valence-corrected chi connectivity index (χ4v) is 5.42. The Morgan fingerprint density at radius 1 is 0.714 bits per heavy atom. The molecule has 0 aliphatic rings. The molecule has 306 valence electrons. The number of hydrogen-bond acceptors (Lipinski definition) is 12. The first-order valence-electron chi connectivity index (χ1n) is 17.0. The maximum atomic E-state index is 13.4. The molecule has 2 rings (SSSR count). The molecule has 56 heavy (non-hydrogen) atoms. The Kier molecular flexibility index (Phi) is 18.7. The van der Waals surface area contributed by atoms with Crippen LogP contribution in [-0.4, -0.2) is 136 Å². The lowest BCUT2D eigenvalue weighted by Gasteiger charge is -2.22. The molecule has 1 aromatic carbocycles. The van der Waals surface area contributed by atoms with Gasteiger partial charge in [-0.1, -0.05) is 18.2 Å². The van der Waals surface area contributed by atoms with E-state index in [1.54, 1.807) is 36.7 Å². The predicted octanol–water partition coefficient (Wildman–Crippen LogP) is -4.47. The highest BCUT2D eigenvalue weighted by molar-refractivity contribution is 7.98. The van der Waals surface area contributed by atoms with Crippen LogP contribution in [0.3, 0.4) is 0 Å². The number of nitrogens with two attached hydrogens (primary N) is 2. The molecule has 8 amide bonds. The van der Waals surface area contributed by atoms with Gasteiger partial charge in [-0.25, -0.2) is 0 Å². The second kappa shape index (κ2) is 22.9. The normalized spacial score (nSPS) is 13.4.